The van der Waals surface area contributed by atoms with E-state index in [0.29, 0.717) is 0 Å². The maximum atomic E-state index is 9.51. The summed E-state index contributed by atoms with van der Waals surface area (Å²) >= 11 is 5.87. The number of benzene rings is 1. The van der Waals surface area contributed by atoms with Gasteiger partial charge in [0.2, 0.25) is 0 Å². The monoisotopic (exact) mass is 280 g/mol. The standard InChI is InChI=1S/C14H17ClN2O2/c15-11-3-1-10(2-4-11)14-7-13(19-16-14)9-17-6-5-12(18)8-17/h1-4,12-13,18H,5-9H2/t12-,13?/m0/s1. The fourth-order valence-electron chi connectivity index (χ4n) is 2.61. The maximum Gasteiger partial charge on any atom is 0.145 e. The topological polar surface area (TPSA) is 45.1 Å². The number of oxime groups is 1. The highest BCUT2D eigenvalue weighted by Gasteiger charge is 2.28. The van der Waals surface area contributed by atoms with E-state index < -0.39 is 0 Å². The molecule has 19 heavy (non-hydrogen) atoms. The molecule has 0 aromatic heterocycles. The summed E-state index contributed by atoms with van der Waals surface area (Å²) in [6.07, 6.45) is 1.58. The number of nitrogens with zero attached hydrogens (tertiary/aromatic N) is 2. The molecule has 1 saturated heterocycles. The smallest absolute Gasteiger partial charge is 0.145 e. The van der Waals surface area contributed by atoms with Gasteiger partial charge in [-0.15, -0.1) is 0 Å². The second kappa shape index (κ2) is 5.49. The number of β-amino-alcohol motifs (C(OH)–C–C–N with tert-alkyl or cyclic N) is 1. The summed E-state index contributed by atoms with van der Waals surface area (Å²) in [5.74, 6) is 0. The number of hydrogen-bond donors (Lipinski definition) is 1. The predicted octanol–water partition coefficient (Wildman–Crippen LogP) is 1.90. The van der Waals surface area contributed by atoms with E-state index in [1.807, 2.05) is 24.3 Å². The molecule has 0 radical (unpaired) electrons. The van der Waals surface area contributed by atoms with Crippen molar-refractivity contribution in [2.45, 2.75) is 25.0 Å². The van der Waals surface area contributed by atoms with E-state index >= 15 is 0 Å². The van der Waals surface area contributed by atoms with E-state index in [1.165, 1.54) is 0 Å². The Morgan fingerprint density at radius 3 is 2.84 bits per heavy atom. The van der Waals surface area contributed by atoms with Gasteiger partial charge in [0.05, 0.1) is 11.8 Å². The summed E-state index contributed by atoms with van der Waals surface area (Å²) in [6, 6.07) is 7.66. The lowest BCUT2D eigenvalue weighted by atomic mass is 10.1. The summed E-state index contributed by atoms with van der Waals surface area (Å²) < 4.78 is 0. The van der Waals surface area contributed by atoms with Crippen molar-refractivity contribution in [3.8, 4) is 0 Å². The van der Waals surface area contributed by atoms with Crippen LogP contribution in [0.5, 0.6) is 0 Å². The van der Waals surface area contributed by atoms with Crippen LogP contribution in [0.15, 0.2) is 29.4 Å². The molecule has 4 nitrogen and oxygen atoms in total. The van der Waals surface area contributed by atoms with Gasteiger partial charge in [0.25, 0.3) is 0 Å². The summed E-state index contributed by atoms with van der Waals surface area (Å²) in [4.78, 5) is 7.71. The van der Waals surface area contributed by atoms with Crippen LogP contribution in [0, 0.1) is 0 Å². The summed E-state index contributed by atoms with van der Waals surface area (Å²) in [5.41, 5.74) is 2.04. The average molecular weight is 281 g/mol. The van der Waals surface area contributed by atoms with Crippen LogP contribution in [0.2, 0.25) is 5.02 Å². The molecule has 0 aliphatic carbocycles. The number of likely N-dealkylation sites (tertiary alicyclic amines) is 1. The molecule has 102 valence electrons. The van der Waals surface area contributed by atoms with Crippen molar-refractivity contribution in [1.82, 2.24) is 4.90 Å². The van der Waals surface area contributed by atoms with E-state index in [1.54, 1.807) is 0 Å². The molecule has 2 atom stereocenters. The fraction of sp³-hybridized carbons (Fsp3) is 0.500. The van der Waals surface area contributed by atoms with E-state index in [0.717, 1.165) is 48.8 Å². The van der Waals surface area contributed by atoms with Gasteiger partial charge >= 0.3 is 0 Å². The molecule has 0 amide bonds. The Morgan fingerprint density at radius 2 is 2.16 bits per heavy atom. The lowest BCUT2D eigenvalue weighted by molar-refractivity contribution is 0.0551. The van der Waals surface area contributed by atoms with Gasteiger partial charge in [-0.1, -0.05) is 28.9 Å². The van der Waals surface area contributed by atoms with Crippen molar-refractivity contribution >= 4 is 17.3 Å². The van der Waals surface area contributed by atoms with Crippen molar-refractivity contribution in [3.05, 3.63) is 34.9 Å². The first-order valence-electron chi connectivity index (χ1n) is 6.60. The van der Waals surface area contributed by atoms with Crippen molar-refractivity contribution in [2.75, 3.05) is 19.6 Å². The van der Waals surface area contributed by atoms with Gasteiger partial charge in [0, 0.05) is 31.1 Å². The molecule has 0 saturated carbocycles. The Bertz CT molecular complexity index is 475. The molecule has 5 heteroatoms. The van der Waals surface area contributed by atoms with Crippen LogP contribution in [0.4, 0.5) is 0 Å². The third-order valence-electron chi connectivity index (χ3n) is 3.62. The van der Waals surface area contributed by atoms with Crippen LogP contribution in [-0.4, -0.2) is 47.6 Å². The number of hydrogen-bond acceptors (Lipinski definition) is 4. The lowest BCUT2D eigenvalue weighted by Crippen LogP contribution is -2.31. The third-order valence-corrected chi connectivity index (χ3v) is 3.87. The van der Waals surface area contributed by atoms with Gasteiger partial charge in [0.1, 0.15) is 6.10 Å². The highest BCUT2D eigenvalue weighted by Crippen LogP contribution is 2.20. The lowest BCUT2D eigenvalue weighted by Gasteiger charge is -2.18. The Hall–Kier alpha value is -1.10. The maximum absolute atomic E-state index is 9.51. The van der Waals surface area contributed by atoms with Crippen LogP contribution in [0.3, 0.4) is 0 Å². The van der Waals surface area contributed by atoms with Crippen LogP contribution < -0.4 is 0 Å². The largest absolute Gasteiger partial charge is 0.392 e. The quantitative estimate of drug-likeness (QED) is 0.920. The Labute approximate surface area is 117 Å². The van der Waals surface area contributed by atoms with Crippen molar-refractivity contribution in [1.29, 1.82) is 0 Å². The number of halogens is 1. The zero-order valence-electron chi connectivity index (χ0n) is 10.6. The van der Waals surface area contributed by atoms with E-state index in [-0.39, 0.29) is 12.2 Å². The molecule has 1 aromatic carbocycles. The Kier molecular flexibility index (Phi) is 3.73. The molecule has 0 spiro atoms. The molecular weight excluding hydrogens is 264 g/mol. The van der Waals surface area contributed by atoms with Gasteiger partial charge in [-0.3, -0.25) is 4.90 Å². The first-order chi connectivity index (χ1) is 9.20. The van der Waals surface area contributed by atoms with E-state index in [9.17, 15) is 5.11 Å². The minimum Gasteiger partial charge on any atom is -0.392 e. The minimum atomic E-state index is -0.182. The van der Waals surface area contributed by atoms with Gasteiger partial charge in [-0.25, -0.2) is 0 Å². The third kappa shape index (κ3) is 3.08. The fourth-order valence-corrected chi connectivity index (χ4v) is 2.73. The first-order valence-corrected chi connectivity index (χ1v) is 6.97. The molecule has 0 bridgehead atoms. The molecular formula is C14H17ClN2O2. The van der Waals surface area contributed by atoms with Gasteiger partial charge < -0.3 is 9.94 Å². The highest BCUT2D eigenvalue weighted by atomic mass is 35.5. The van der Waals surface area contributed by atoms with Crippen LogP contribution in [0.25, 0.3) is 0 Å². The zero-order chi connectivity index (χ0) is 13.2. The molecule has 1 fully saturated rings. The summed E-state index contributed by atoms with van der Waals surface area (Å²) in [5, 5.41) is 14.4. The summed E-state index contributed by atoms with van der Waals surface area (Å²) in [7, 11) is 0. The number of rotatable bonds is 3. The van der Waals surface area contributed by atoms with Crippen molar-refractivity contribution in [2.24, 2.45) is 5.16 Å². The Balaban J connectivity index is 1.56. The number of aliphatic hydroxyl groups is 1. The normalized spacial score (nSPS) is 27.4. The van der Waals surface area contributed by atoms with Gasteiger partial charge in [-0.2, -0.15) is 0 Å². The molecule has 1 aromatic rings. The van der Waals surface area contributed by atoms with E-state index in [4.69, 9.17) is 16.4 Å². The van der Waals surface area contributed by atoms with E-state index in [2.05, 4.69) is 10.1 Å². The molecule has 3 rings (SSSR count). The van der Waals surface area contributed by atoms with Crippen LogP contribution in [0.1, 0.15) is 18.4 Å². The second-order valence-corrected chi connectivity index (χ2v) is 5.61. The predicted molar refractivity (Wildman–Crippen MR) is 74.5 cm³/mol. The first kappa shape index (κ1) is 12.9. The van der Waals surface area contributed by atoms with Gasteiger partial charge in [-0.05, 0) is 24.1 Å². The van der Waals surface area contributed by atoms with Crippen molar-refractivity contribution < 1.29 is 9.94 Å². The molecule has 1 unspecified atom stereocenters. The van der Waals surface area contributed by atoms with Gasteiger partial charge in [0.15, 0.2) is 0 Å². The molecule has 2 heterocycles. The van der Waals surface area contributed by atoms with Crippen LogP contribution >= 0.6 is 11.6 Å². The minimum absolute atomic E-state index is 0.0935. The Morgan fingerprint density at radius 1 is 1.37 bits per heavy atom. The average Bonchev–Trinajstić information content (AvgIpc) is 3.00. The molecule has 2 aliphatic heterocycles. The zero-order valence-corrected chi connectivity index (χ0v) is 11.4. The molecule has 2 aliphatic rings. The molecule has 1 N–H and O–H groups in total. The summed E-state index contributed by atoms with van der Waals surface area (Å²) in [6.45, 7) is 2.52. The second-order valence-electron chi connectivity index (χ2n) is 5.18. The van der Waals surface area contributed by atoms with Crippen molar-refractivity contribution in [3.63, 3.8) is 0 Å². The number of aliphatic hydroxyl groups excluding tert-OH is 1. The highest BCUT2D eigenvalue weighted by molar-refractivity contribution is 6.30. The van der Waals surface area contributed by atoms with Crippen LogP contribution in [-0.2, 0) is 4.84 Å². The SMILES string of the molecule is O[C@H]1CCN(CC2CC(c3ccc(Cl)cc3)=NO2)C1.